The quantitative estimate of drug-likeness (QED) is 0.732. The van der Waals surface area contributed by atoms with Crippen molar-refractivity contribution in [1.82, 2.24) is 9.72 Å². The first-order valence-corrected chi connectivity index (χ1v) is 6.40. The Morgan fingerprint density at radius 3 is 2.65 bits per heavy atom. The molecule has 0 amide bonds. The van der Waals surface area contributed by atoms with Gasteiger partial charge in [-0.3, -0.25) is 4.79 Å². The lowest BCUT2D eigenvalue weighted by atomic mass is 10.1. The second-order valence-electron chi connectivity index (χ2n) is 4.67. The lowest BCUT2D eigenvalue weighted by Crippen LogP contribution is -2.19. The molecule has 3 aromatic rings. The number of rotatable bonds is 3. The van der Waals surface area contributed by atoms with E-state index in [0.717, 1.165) is 22.5 Å². The molecule has 0 saturated carbocycles. The Kier molecular flexibility index (Phi) is 3.21. The minimum Gasteiger partial charge on any atom is -0.361 e. The van der Waals surface area contributed by atoms with Crippen molar-refractivity contribution in [2.75, 3.05) is 0 Å². The third-order valence-corrected chi connectivity index (χ3v) is 3.24. The molecule has 4 nitrogen and oxygen atoms in total. The van der Waals surface area contributed by atoms with E-state index < -0.39 is 0 Å². The Labute approximate surface area is 116 Å². The number of nitrogens with zero attached hydrogens (tertiary/aromatic N) is 2. The van der Waals surface area contributed by atoms with Crippen LogP contribution in [0.5, 0.6) is 0 Å². The average molecular weight is 266 g/mol. The van der Waals surface area contributed by atoms with E-state index in [1.807, 2.05) is 43.5 Å². The topological polar surface area (TPSA) is 48.0 Å². The molecule has 1 aromatic carbocycles. The van der Waals surface area contributed by atoms with E-state index in [2.05, 4.69) is 5.16 Å². The Morgan fingerprint density at radius 1 is 1.15 bits per heavy atom. The first-order valence-electron chi connectivity index (χ1n) is 6.40. The molecule has 4 heteroatoms. The first-order chi connectivity index (χ1) is 9.74. The molecule has 0 aliphatic heterocycles. The van der Waals surface area contributed by atoms with Gasteiger partial charge in [0.25, 0.3) is 5.56 Å². The van der Waals surface area contributed by atoms with E-state index >= 15 is 0 Å². The van der Waals surface area contributed by atoms with Crippen molar-refractivity contribution in [3.63, 3.8) is 0 Å². The highest BCUT2D eigenvalue weighted by Crippen LogP contribution is 2.21. The van der Waals surface area contributed by atoms with Crippen LogP contribution in [0.1, 0.15) is 11.3 Å². The van der Waals surface area contributed by atoms with Crippen LogP contribution in [0.4, 0.5) is 0 Å². The monoisotopic (exact) mass is 266 g/mol. The summed E-state index contributed by atoms with van der Waals surface area (Å²) in [7, 11) is 0. The van der Waals surface area contributed by atoms with E-state index in [0.29, 0.717) is 6.54 Å². The van der Waals surface area contributed by atoms with Gasteiger partial charge in [0.05, 0.1) is 12.7 Å². The second-order valence-corrected chi connectivity index (χ2v) is 4.67. The minimum atomic E-state index is -0.0216. The Bertz CT molecular complexity index is 772. The number of benzene rings is 1. The van der Waals surface area contributed by atoms with Gasteiger partial charge in [-0.25, -0.2) is 0 Å². The van der Waals surface area contributed by atoms with Crippen LogP contribution in [0.15, 0.2) is 64.2 Å². The van der Waals surface area contributed by atoms with Gasteiger partial charge in [0.15, 0.2) is 0 Å². The first kappa shape index (κ1) is 12.4. The number of aromatic nitrogens is 2. The van der Waals surface area contributed by atoms with Crippen LogP contribution in [0, 0.1) is 6.92 Å². The fourth-order valence-corrected chi connectivity index (χ4v) is 2.17. The van der Waals surface area contributed by atoms with E-state index in [9.17, 15) is 4.79 Å². The molecule has 0 spiro atoms. The van der Waals surface area contributed by atoms with E-state index in [4.69, 9.17) is 4.52 Å². The molecule has 0 unspecified atom stereocenters. The highest BCUT2D eigenvalue weighted by Gasteiger charge is 2.08. The molecular weight excluding hydrogens is 252 g/mol. The molecule has 0 aliphatic carbocycles. The average Bonchev–Trinajstić information content (AvgIpc) is 2.89. The van der Waals surface area contributed by atoms with Crippen molar-refractivity contribution < 1.29 is 4.52 Å². The molecule has 20 heavy (non-hydrogen) atoms. The van der Waals surface area contributed by atoms with Gasteiger partial charge in [0.1, 0.15) is 5.76 Å². The predicted octanol–water partition coefficient (Wildman–Crippen LogP) is 2.86. The van der Waals surface area contributed by atoms with Crippen molar-refractivity contribution in [2.45, 2.75) is 13.5 Å². The summed E-state index contributed by atoms with van der Waals surface area (Å²) < 4.78 is 6.76. The van der Waals surface area contributed by atoms with Crippen molar-refractivity contribution >= 4 is 0 Å². The largest absolute Gasteiger partial charge is 0.361 e. The molecule has 2 aromatic heterocycles. The molecule has 3 rings (SSSR count). The summed E-state index contributed by atoms with van der Waals surface area (Å²) in [4.78, 5) is 12.0. The highest BCUT2D eigenvalue weighted by molar-refractivity contribution is 5.63. The van der Waals surface area contributed by atoms with Crippen LogP contribution in [-0.2, 0) is 6.54 Å². The maximum atomic E-state index is 12.0. The third-order valence-electron chi connectivity index (χ3n) is 3.24. The minimum absolute atomic E-state index is 0.0216. The van der Waals surface area contributed by atoms with Gasteiger partial charge in [-0.05, 0) is 18.6 Å². The zero-order valence-corrected chi connectivity index (χ0v) is 11.1. The summed E-state index contributed by atoms with van der Waals surface area (Å²) in [6.07, 6.45) is 3.51. The summed E-state index contributed by atoms with van der Waals surface area (Å²) in [5, 5.41) is 3.77. The van der Waals surface area contributed by atoms with Crippen LogP contribution < -0.4 is 5.56 Å². The van der Waals surface area contributed by atoms with Gasteiger partial charge < -0.3 is 9.09 Å². The van der Waals surface area contributed by atoms with Crippen LogP contribution in [-0.4, -0.2) is 9.72 Å². The smallest absolute Gasteiger partial charge is 0.250 e. The van der Waals surface area contributed by atoms with Crippen molar-refractivity contribution in [3.05, 3.63) is 76.5 Å². The molecule has 2 heterocycles. The van der Waals surface area contributed by atoms with E-state index in [1.165, 1.54) is 0 Å². The Hall–Kier alpha value is -2.62. The van der Waals surface area contributed by atoms with E-state index in [1.54, 1.807) is 22.9 Å². The summed E-state index contributed by atoms with van der Waals surface area (Å²) in [6, 6.07) is 13.3. The van der Waals surface area contributed by atoms with Crippen molar-refractivity contribution in [3.8, 4) is 11.1 Å². The van der Waals surface area contributed by atoms with Gasteiger partial charge in [0, 0.05) is 23.4 Å². The Morgan fingerprint density at radius 2 is 1.95 bits per heavy atom. The highest BCUT2D eigenvalue weighted by atomic mass is 16.5. The normalized spacial score (nSPS) is 10.7. The van der Waals surface area contributed by atoms with Crippen LogP contribution in [0.3, 0.4) is 0 Å². The van der Waals surface area contributed by atoms with Crippen LogP contribution in [0.2, 0.25) is 0 Å². The standard InChI is InChI=1S/C16H14N2O2/c1-12-15(9-17-20-12)14-7-8-16(19)18(11-14)10-13-5-3-2-4-6-13/h2-9,11H,10H2,1H3. The molecule has 0 atom stereocenters. The summed E-state index contributed by atoms with van der Waals surface area (Å²) in [5.41, 5.74) is 2.91. The zero-order valence-electron chi connectivity index (χ0n) is 11.1. The maximum absolute atomic E-state index is 12.0. The predicted molar refractivity (Wildman–Crippen MR) is 76.5 cm³/mol. The molecular formula is C16H14N2O2. The number of hydrogen-bond acceptors (Lipinski definition) is 3. The molecule has 0 radical (unpaired) electrons. The number of pyridine rings is 1. The molecule has 0 aliphatic rings. The number of hydrogen-bond donors (Lipinski definition) is 0. The van der Waals surface area contributed by atoms with Crippen molar-refractivity contribution in [2.24, 2.45) is 0 Å². The second kappa shape index (κ2) is 5.17. The molecule has 100 valence electrons. The van der Waals surface area contributed by atoms with Crippen molar-refractivity contribution in [1.29, 1.82) is 0 Å². The van der Waals surface area contributed by atoms with E-state index in [-0.39, 0.29) is 5.56 Å². The zero-order chi connectivity index (χ0) is 13.9. The number of aryl methyl sites for hydroxylation is 1. The molecule has 0 fully saturated rings. The van der Waals surface area contributed by atoms with Crippen LogP contribution >= 0.6 is 0 Å². The fraction of sp³-hybridized carbons (Fsp3) is 0.125. The van der Waals surface area contributed by atoms with Crippen LogP contribution in [0.25, 0.3) is 11.1 Å². The van der Waals surface area contributed by atoms with Gasteiger partial charge in [-0.1, -0.05) is 35.5 Å². The fourth-order valence-electron chi connectivity index (χ4n) is 2.17. The Balaban J connectivity index is 2.00. The summed E-state index contributed by atoms with van der Waals surface area (Å²) in [5.74, 6) is 0.745. The SMILES string of the molecule is Cc1oncc1-c1ccc(=O)n(Cc2ccccc2)c1. The summed E-state index contributed by atoms with van der Waals surface area (Å²) in [6.45, 7) is 2.41. The molecule has 0 bridgehead atoms. The van der Waals surface area contributed by atoms with Gasteiger partial charge in [-0.2, -0.15) is 0 Å². The van der Waals surface area contributed by atoms with Gasteiger partial charge in [0.2, 0.25) is 0 Å². The summed E-state index contributed by atoms with van der Waals surface area (Å²) >= 11 is 0. The van der Waals surface area contributed by atoms with Gasteiger partial charge in [-0.15, -0.1) is 0 Å². The van der Waals surface area contributed by atoms with Gasteiger partial charge >= 0.3 is 0 Å². The lowest BCUT2D eigenvalue weighted by Gasteiger charge is -2.07. The maximum Gasteiger partial charge on any atom is 0.250 e. The molecule has 0 saturated heterocycles. The lowest BCUT2D eigenvalue weighted by molar-refractivity contribution is 0.398. The molecule has 0 N–H and O–H groups in total. The third kappa shape index (κ3) is 2.40.